The third kappa shape index (κ3) is 1.96. The van der Waals surface area contributed by atoms with Gasteiger partial charge in [-0.25, -0.2) is 14.6 Å². The first-order valence-electron chi connectivity index (χ1n) is 4.22. The van der Waals surface area contributed by atoms with E-state index in [0.29, 0.717) is 5.82 Å². The van der Waals surface area contributed by atoms with Crippen molar-refractivity contribution in [1.29, 1.82) is 0 Å². The standard InChI is InChI=1S/C8H7IN6O/c9-5-3-13-15(4-5)8-6(7(10)14-16)11-1-2-12-8/h1-4,16H,(H2,10,14). The first kappa shape index (κ1) is 10.8. The van der Waals surface area contributed by atoms with E-state index in [1.807, 2.05) is 0 Å². The zero-order valence-corrected chi connectivity index (χ0v) is 10.1. The molecule has 82 valence electrons. The van der Waals surface area contributed by atoms with Crippen molar-refractivity contribution in [3.63, 3.8) is 0 Å². The predicted molar refractivity (Wildman–Crippen MR) is 64.4 cm³/mol. The van der Waals surface area contributed by atoms with E-state index in [1.54, 1.807) is 12.4 Å². The molecule has 0 atom stereocenters. The number of hydrogen-bond acceptors (Lipinski definition) is 5. The minimum atomic E-state index is -0.103. The Hall–Kier alpha value is -1.71. The van der Waals surface area contributed by atoms with Gasteiger partial charge in [0.25, 0.3) is 0 Å². The fourth-order valence-electron chi connectivity index (χ4n) is 1.14. The van der Waals surface area contributed by atoms with Crippen molar-refractivity contribution in [2.45, 2.75) is 0 Å². The van der Waals surface area contributed by atoms with E-state index >= 15 is 0 Å². The lowest BCUT2D eigenvalue weighted by atomic mass is 10.4. The average molecular weight is 330 g/mol. The zero-order valence-electron chi connectivity index (χ0n) is 7.95. The van der Waals surface area contributed by atoms with Gasteiger partial charge in [0, 0.05) is 18.6 Å². The van der Waals surface area contributed by atoms with Crippen LogP contribution in [0.5, 0.6) is 0 Å². The predicted octanol–water partition coefficient (Wildman–Crippen LogP) is 0.361. The number of nitrogens with two attached hydrogens (primary N) is 1. The summed E-state index contributed by atoms with van der Waals surface area (Å²) in [5, 5.41) is 15.6. The molecule has 0 amide bonds. The molecule has 0 fully saturated rings. The first-order valence-corrected chi connectivity index (χ1v) is 5.29. The molecule has 3 N–H and O–H groups in total. The topological polar surface area (TPSA) is 102 Å². The molecule has 0 aliphatic carbocycles. The Balaban J connectivity index is 2.57. The maximum atomic E-state index is 8.63. The largest absolute Gasteiger partial charge is 0.409 e. The van der Waals surface area contributed by atoms with Crippen LogP contribution in [0.3, 0.4) is 0 Å². The molecule has 0 radical (unpaired) electrons. The Morgan fingerprint density at radius 1 is 1.44 bits per heavy atom. The highest BCUT2D eigenvalue weighted by molar-refractivity contribution is 14.1. The van der Waals surface area contributed by atoms with Crippen LogP contribution in [0, 0.1) is 3.57 Å². The second kappa shape index (κ2) is 4.43. The third-order valence-electron chi connectivity index (χ3n) is 1.80. The maximum Gasteiger partial charge on any atom is 0.192 e. The Kier molecular flexibility index (Phi) is 2.99. The summed E-state index contributed by atoms with van der Waals surface area (Å²) >= 11 is 2.12. The number of rotatable bonds is 2. The van der Waals surface area contributed by atoms with E-state index in [2.05, 4.69) is 42.8 Å². The van der Waals surface area contributed by atoms with Gasteiger partial charge in [-0.15, -0.1) is 0 Å². The van der Waals surface area contributed by atoms with Crippen LogP contribution in [-0.2, 0) is 0 Å². The summed E-state index contributed by atoms with van der Waals surface area (Å²) in [6, 6.07) is 0. The summed E-state index contributed by atoms with van der Waals surface area (Å²) in [5.74, 6) is 0.314. The molecule has 2 aromatic heterocycles. The van der Waals surface area contributed by atoms with Crippen LogP contribution in [0.4, 0.5) is 0 Å². The maximum absolute atomic E-state index is 8.63. The summed E-state index contributed by atoms with van der Waals surface area (Å²) in [5.41, 5.74) is 5.78. The van der Waals surface area contributed by atoms with Crippen LogP contribution < -0.4 is 5.73 Å². The van der Waals surface area contributed by atoms with Crippen molar-refractivity contribution in [2.75, 3.05) is 0 Å². The van der Waals surface area contributed by atoms with Gasteiger partial charge in [0.1, 0.15) is 0 Å². The van der Waals surface area contributed by atoms with Crippen molar-refractivity contribution in [3.05, 3.63) is 34.1 Å². The molecular formula is C8H7IN6O. The van der Waals surface area contributed by atoms with E-state index in [0.717, 1.165) is 3.57 Å². The van der Waals surface area contributed by atoms with Gasteiger partial charge < -0.3 is 10.9 Å². The van der Waals surface area contributed by atoms with E-state index in [9.17, 15) is 0 Å². The minimum Gasteiger partial charge on any atom is -0.409 e. The van der Waals surface area contributed by atoms with Crippen molar-refractivity contribution < 1.29 is 5.21 Å². The van der Waals surface area contributed by atoms with Gasteiger partial charge in [-0.2, -0.15) is 5.10 Å². The number of aromatic nitrogens is 4. The molecule has 2 heterocycles. The summed E-state index contributed by atoms with van der Waals surface area (Å²) in [6.07, 6.45) is 6.41. The SMILES string of the molecule is NC(=NO)c1nccnc1-n1cc(I)cn1. The Morgan fingerprint density at radius 3 is 2.81 bits per heavy atom. The molecule has 2 aromatic rings. The Morgan fingerprint density at radius 2 is 2.19 bits per heavy atom. The highest BCUT2D eigenvalue weighted by atomic mass is 127. The molecule has 16 heavy (non-hydrogen) atoms. The molecule has 0 saturated carbocycles. The second-order valence-electron chi connectivity index (χ2n) is 2.82. The lowest BCUT2D eigenvalue weighted by molar-refractivity contribution is 0.318. The van der Waals surface area contributed by atoms with E-state index in [4.69, 9.17) is 10.9 Å². The van der Waals surface area contributed by atoms with Gasteiger partial charge in [0.2, 0.25) is 0 Å². The normalized spacial score (nSPS) is 11.7. The molecule has 0 bridgehead atoms. The smallest absolute Gasteiger partial charge is 0.192 e. The molecular weight excluding hydrogens is 323 g/mol. The number of nitrogens with zero attached hydrogens (tertiary/aromatic N) is 5. The highest BCUT2D eigenvalue weighted by Gasteiger charge is 2.12. The van der Waals surface area contributed by atoms with Gasteiger partial charge in [0.05, 0.1) is 9.77 Å². The van der Waals surface area contributed by atoms with Crippen molar-refractivity contribution >= 4 is 28.4 Å². The summed E-state index contributed by atoms with van der Waals surface area (Å²) in [4.78, 5) is 8.09. The van der Waals surface area contributed by atoms with Crippen molar-refractivity contribution in [3.8, 4) is 5.82 Å². The van der Waals surface area contributed by atoms with Crippen LogP contribution in [-0.4, -0.2) is 30.8 Å². The molecule has 0 aliphatic rings. The van der Waals surface area contributed by atoms with Gasteiger partial charge in [-0.1, -0.05) is 5.16 Å². The molecule has 8 heteroatoms. The molecule has 0 saturated heterocycles. The molecule has 0 spiro atoms. The number of halogens is 1. The highest BCUT2D eigenvalue weighted by Crippen LogP contribution is 2.10. The van der Waals surface area contributed by atoms with Crippen LogP contribution >= 0.6 is 22.6 Å². The van der Waals surface area contributed by atoms with Crippen LogP contribution in [0.2, 0.25) is 0 Å². The second-order valence-corrected chi connectivity index (χ2v) is 4.06. The lowest BCUT2D eigenvalue weighted by Gasteiger charge is -2.04. The molecule has 7 nitrogen and oxygen atoms in total. The monoisotopic (exact) mass is 330 g/mol. The van der Waals surface area contributed by atoms with Gasteiger partial charge in [-0.3, -0.25) is 0 Å². The van der Waals surface area contributed by atoms with Crippen molar-refractivity contribution in [1.82, 2.24) is 19.7 Å². The Bertz CT molecular complexity index is 537. The number of amidine groups is 1. The summed E-state index contributed by atoms with van der Waals surface area (Å²) in [7, 11) is 0. The zero-order chi connectivity index (χ0) is 11.5. The van der Waals surface area contributed by atoms with Crippen LogP contribution in [0.15, 0.2) is 29.9 Å². The Labute approximate surface area is 104 Å². The van der Waals surface area contributed by atoms with E-state index < -0.39 is 0 Å². The number of oxime groups is 1. The van der Waals surface area contributed by atoms with E-state index in [1.165, 1.54) is 17.1 Å². The quantitative estimate of drug-likeness (QED) is 0.272. The van der Waals surface area contributed by atoms with Crippen LogP contribution in [0.1, 0.15) is 5.69 Å². The van der Waals surface area contributed by atoms with Crippen LogP contribution in [0.25, 0.3) is 5.82 Å². The number of hydrogen-bond donors (Lipinski definition) is 2. The van der Waals surface area contributed by atoms with Gasteiger partial charge in [0.15, 0.2) is 17.3 Å². The fraction of sp³-hybridized carbons (Fsp3) is 0. The van der Waals surface area contributed by atoms with Crippen molar-refractivity contribution in [2.24, 2.45) is 10.9 Å². The summed E-state index contributed by atoms with van der Waals surface area (Å²) in [6.45, 7) is 0. The summed E-state index contributed by atoms with van der Waals surface area (Å²) < 4.78 is 2.47. The lowest BCUT2D eigenvalue weighted by Crippen LogP contribution is -2.19. The first-order chi connectivity index (χ1) is 7.72. The average Bonchev–Trinajstić information content (AvgIpc) is 2.75. The van der Waals surface area contributed by atoms with Gasteiger partial charge >= 0.3 is 0 Å². The molecule has 0 aromatic carbocycles. The molecule has 0 aliphatic heterocycles. The molecule has 0 unspecified atom stereocenters. The molecule has 2 rings (SSSR count). The third-order valence-corrected chi connectivity index (χ3v) is 2.35. The minimum absolute atomic E-state index is 0.103. The van der Waals surface area contributed by atoms with E-state index in [-0.39, 0.29) is 11.5 Å². The van der Waals surface area contributed by atoms with Gasteiger partial charge in [-0.05, 0) is 22.6 Å². The fourth-order valence-corrected chi connectivity index (χ4v) is 1.53.